The Hall–Kier alpha value is -2.09. The second kappa shape index (κ2) is 6.38. The number of thioether (sulfide) groups is 1. The lowest BCUT2D eigenvalue weighted by Gasteiger charge is -2.10. The van der Waals surface area contributed by atoms with Gasteiger partial charge in [-0.05, 0) is 36.1 Å². The summed E-state index contributed by atoms with van der Waals surface area (Å²) in [4.78, 5) is 13.3. The molecule has 0 aliphatic rings. The van der Waals surface area contributed by atoms with Gasteiger partial charge >= 0.3 is 0 Å². The molecule has 0 saturated heterocycles. The van der Waals surface area contributed by atoms with E-state index in [2.05, 4.69) is 0 Å². The molecule has 4 heteroatoms. The van der Waals surface area contributed by atoms with E-state index in [1.165, 1.54) is 6.07 Å². The molecular formula is C16H13NO2S. The minimum Gasteiger partial charge on any atom is -0.380 e. The Morgan fingerprint density at radius 3 is 2.55 bits per heavy atom. The first-order chi connectivity index (χ1) is 9.65. The van der Waals surface area contributed by atoms with Crippen LogP contribution in [0.5, 0.6) is 0 Å². The second-order valence-corrected chi connectivity index (χ2v) is 5.11. The van der Waals surface area contributed by atoms with Crippen LogP contribution >= 0.6 is 11.8 Å². The van der Waals surface area contributed by atoms with Crippen molar-refractivity contribution in [2.75, 3.05) is 6.26 Å². The number of nitrogens with zero attached hydrogens (tertiary/aromatic N) is 1. The molecule has 2 rings (SSSR count). The van der Waals surface area contributed by atoms with Crippen LogP contribution in [0.25, 0.3) is 0 Å². The van der Waals surface area contributed by atoms with Crippen LogP contribution < -0.4 is 0 Å². The molecule has 0 fully saturated rings. The molecule has 100 valence electrons. The number of rotatable bonds is 4. The first-order valence-electron chi connectivity index (χ1n) is 6.02. The third-order valence-electron chi connectivity index (χ3n) is 2.96. The monoisotopic (exact) mass is 283 g/mol. The summed E-state index contributed by atoms with van der Waals surface area (Å²) in [5.74, 6) is -0.404. The lowest BCUT2D eigenvalue weighted by molar-refractivity contribution is 0.0747. The van der Waals surface area contributed by atoms with Crippen molar-refractivity contribution in [2.45, 2.75) is 11.0 Å². The fraction of sp³-hybridized carbons (Fsp3) is 0.125. The first-order valence-corrected chi connectivity index (χ1v) is 7.24. The molecular weight excluding hydrogens is 270 g/mol. The van der Waals surface area contributed by atoms with E-state index in [1.54, 1.807) is 42.1 Å². The summed E-state index contributed by atoms with van der Waals surface area (Å²) in [5, 5.41) is 19.0. The highest BCUT2D eigenvalue weighted by Crippen LogP contribution is 2.22. The summed E-state index contributed by atoms with van der Waals surface area (Å²) in [6, 6.07) is 15.5. The van der Waals surface area contributed by atoms with Gasteiger partial charge in [0.05, 0.1) is 11.6 Å². The predicted octanol–water partition coefficient (Wildman–Crippen LogP) is 3.20. The number of benzene rings is 2. The maximum absolute atomic E-state index is 12.2. The van der Waals surface area contributed by atoms with Crippen molar-refractivity contribution in [1.29, 1.82) is 5.26 Å². The minimum absolute atomic E-state index is 0.338. The predicted molar refractivity (Wildman–Crippen MR) is 78.7 cm³/mol. The molecule has 0 amide bonds. The largest absolute Gasteiger partial charge is 0.380 e. The zero-order chi connectivity index (χ0) is 14.5. The topological polar surface area (TPSA) is 61.1 Å². The van der Waals surface area contributed by atoms with Crippen molar-refractivity contribution in [3.05, 3.63) is 65.2 Å². The number of ketones is 1. The number of nitriles is 1. The number of aliphatic hydroxyl groups is 1. The van der Waals surface area contributed by atoms with E-state index < -0.39 is 11.9 Å². The molecule has 3 nitrogen and oxygen atoms in total. The SMILES string of the molecule is CSc1ccc(C(O)C(=O)c2cccc(C#N)c2)cc1. The molecule has 0 heterocycles. The molecule has 2 aromatic carbocycles. The Morgan fingerprint density at radius 2 is 1.95 bits per heavy atom. The number of hydrogen-bond donors (Lipinski definition) is 1. The lowest BCUT2D eigenvalue weighted by Crippen LogP contribution is -2.12. The fourth-order valence-electron chi connectivity index (χ4n) is 1.84. The van der Waals surface area contributed by atoms with E-state index in [0.29, 0.717) is 16.7 Å². The highest BCUT2D eigenvalue weighted by Gasteiger charge is 2.19. The summed E-state index contributed by atoms with van der Waals surface area (Å²) in [7, 11) is 0. The van der Waals surface area contributed by atoms with E-state index in [-0.39, 0.29) is 0 Å². The molecule has 0 saturated carbocycles. The zero-order valence-corrected chi connectivity index (χ0v) is 11.7. The first kappa shape index (κ1) is 14.3. The van der Waals surface area contributed by atoms with Gasteiger partial charge in [0.1, 0.15) is 6.10 Å². The Morgan fingerprint density at radius 1 is 1.25 bits per heavy atom. The van der Waals surface area contributed by atoms with Gasteiger partial charge in [0.15, 0.2) is 5.78 Å². The molecule has 0 spiro atoms. The molecule has 0 aliphatic carbocycles. The van der Waals surface area contributed by atoms with Crippen LogP contribution in [0.15, 0.2) is 53.4 Å². The highest BCUT2D eigenvalue weighted by atomic mass is 32.2. The minimum atomic E-state index is -1.21. The summed E-state index contributed by atoms with van der Waals surface area (Å²) in [6.07, 6.45) is 0.754. The third kappa shape index (κ3) is 3.08. The van der Waals surface area contributed by atoms with Crippen LogP contribution in [0.2, 0.25) is 0 Å². The van der Waals surface area contributed by atoms with Crippen LogP contribution in [0.4, 0.5) is 0 Å². The average molecular weight is 283 g/mol. The quantitative estimate of drug-likeness (QED) is 0.691. The molecule has 1 atom stereocenters. The second-order valence-electron chi connectivity index (χ2n) is 4.23. The van der Waals surface area contributed by atoms with E-state index in [0.717, 1.165) is 4.90 Å². The van der Waals surface area contributed by atoms with Crippen LogP contribution in [-0.2, 0) is 0 Å². The standard InChI is InChI=1S/C16H13NO2S/c1-20-14-7-5-12(6-8-14)15(18)16(19)13-4-2-3-11(9-13)10-17/h2-9,15,18H,1H3. The molecule has 2 aromatic rings. The van der Waals surface area contributed by atoms with Crippen LogP contribution in [0.3, 0.4) is 0 Å². The van der Waals surface area contributed by atoms with Crippen molar-refractivity contribution in [3.8, 4) is 6.07 Å². The Labute approximate surface area is 121 Å². The summed E-state index contributed by atoms with van der Waals surface area (Å²) >= 11 is 1.60. The van der Waals surface area contributed by atoms with Gasteiger partial charge in [0.25, 0.3) is 0 Å². The van der Waals surface area contributed by atoms with Crippen molar-refractivity contribution in [2.24, 2.45) is 0 Å². The zero-order valence-electron chi connectivity index (χ0n) is 10.9. The van der Waals surface area contributed by atoms with E-state index >= 15 is 0 Å². The maximum atomic E-state index is 12.2. The molecule has 1 unspecified atom stereocenters. The van der Waals surface area contributed by atoms with Crippen molar-refractivity contribution >= 4 is 17.5 Å². The van der Waals surface area contributed by atoms with Gasteiger partial charge in [-0.1, -0.05) is 24.3 Å². The van der Waals surface area contributed by atoms with Gasteiger partial charge in [-0.25, -0.2) is 0 Å². The molecule has 0 radical (unpaired) electrons. The van der Waals surface area contributed by atoms with Crippen LogP contribution in [0.1, 0.15) is 27.6 Å². The molecule has 20 heavy (non-hydrogen) atoms. The smallest absolute Gasteiger partial charge is 0.195 e. The van der Waals surface area contributed by atoms with Gasteiger partial charge in [0, 0.05) is 10.5 Å². The molecule has 0 bridgehead atoms. The van der Waals surface area contributed by atoms with E-state index in [4.69, 9.17) is 5.26 Å². The van der Waals surface area contributed by atoms with E-state index in [9.17, 15) is 9.90 Å². The lowest BCUT2D eigenvalue weighted by atomic mass is 9.99. The van der Waals surface area contributed by atoms with Gasteiger partial charge in [-0.3, -0.25) is 4.79 Å². The Balaban J connectivity index is 2.25. The molecule has 1 N–H and O–H groups in total. The summed E-state index contributed by atoms with van der Waals surface area (Å²) in [5.41, 5.74) is 1.29. The van der Waals surface area contributed by atoms with Crippen LogP contribution in [-0.4, -0.2) is 17.1 Å². The number of hydrogen-bond acceptors (Lipinski definition) is 4. The number of Topliss-reactive ketones (excluding diaryl/α,β-unsaturated/α-hetero) is 1. The van der Waals surface area contributed by atoms with Crippen molar-refractivity contribution < 1.29 is 9.90 Å². The molecule has 0 aromatic heterocycles. The van der Waals surface area contributed by atoms with Gasteiger partial charge in [0.2, 0.25) is 0 Å². The van der Waals surface area contributed by atoms with Gasteiger partial charge < -0.3 is 5.11 Å². The number of carbonyl (C=O) groups is 1. The van der Waals surface area contributed by atoms with Crippen molar-refractivity contribution in [1.82, 2.24) is 0 Å². The summed E-state index contributed by atoms with van der Waals surface area (Å²) < 4.78 is 0. The van der Waals surface area contributed by atoms with Gasteiger partial charge in [-0.15, -0.1) is 11.8 Å². The van der Waals surface area contributed by atoms with Gasteiger partial charge in [-0.2, -0.15) is 5.26 Å². The fourth-order valence-corrected chi connectivity index (χ4v) is 2.25. The molecule has 0 aliphatic heterocycles. The Bertz CT molecular complexity index is 659. The maximum Gasteiger partial charge on any atom is 0.195 e. The number of carbonyl (C=O) groups excluding carboxylic acids is 1. The van der Waals surface area contributed by atoms with Crippen LogP contribution in [0, 0.1) is 11.3 Å². The average Bonchev–Trinajstić information content (AvgIpc) is 2.53. The normalized spacial score (nSPS) is 11.7. The van der Waals surface area contributed by atoms with E-state index in [1.807, 2.05) is 24.5 Å². The highest BCUT2D eigenvalue weighted by molar-refractivity contribution is 7.98. The number of aliphatic hydroxyl groups excluding tert-OH is 1. The Kier molecular flexibility index (Phi) is 4.57. The van der Waals surface area contributed by atoms with Crippen molar-refractivity contribution in [3.63, 3.8) is 0 Å². The third-order valence-corrected chi connectivity index (χ3v) is 3.70. The summed E-state index contributed by atoms with van der Waals surface area (Å²) in [6.45, 7) is 0.